The van der Waals surface area contributed by atoms with E-state index in [-0.39, 0.29) is 72.7 Å². The molecule has 0 radical (unpaired) electrons. The van der Waals surface area contributed by atoms with E-state index >= 15 is 0 Å². The normalized spacial score (nSPS) is 29.8. The maximum absolute atomic E-state index is 2.39. The van der Waals surface area contributed by atoms with Crippen molar-refractivity contribution in [3.8, 4) is 0 Å². The monoisotopic (exact) mass is 446 g/mol. The Hall–Kier alpha value is 1.50. The number of halogens is 3. The van der Waals surface area contributed by atoms with Gasteiger partial charge in [0.2, 0.25) is 0 Å². The predicted molar refractivity (Wildman–Crippen MR) is 52.6 cm³/mol. The zero-order chi connectivity index (χ0) is 8.72. The minimum Gasteiger partial charge on any atom is -1.00 e. The number of rotatable bonds is 0. The van der Waals surface area contributed by atoms with Crippen molar-refractivity contribution in [1.82, 2.24) is 0 Å². The molecule has 0 aromatic rings. The summed E-state index contributed by atoms with van der Waals surface area (Å²) < 4.78 is 0. The third-order valence-electron chi connectivity index (χ3n) is 3.76. The van der Waals surface area contributed by atoms with Gasteiger partial charge in [0.05, 0.1) is 0 Å². The van der Waals surface area contributed by atoms with Gasteiger partial charge in [-0.1, -0.05) is 19.8 Å². The van der Waals surface area contributed by atoms with Crippen LogP contribution in [0.4, 0.5) is 0 Å². The minimum atomic E-state index is 0. The molecule has 1 saturated carbocycles. The van der Waals surface area contributed by atoms with E-state index in [9.17, 15) is 0 Å². The van der Waals surface area contributed by atoms with Crippen LogP contribution in [-0.4, -0.2) is 0 Å². The van der Waals surface area contributed by atoms with E-state index in [2.05, 4.69) is 39.0 Å². The zero-order valence-corrected chi connectivity index (χ0v) is 16.1. The Kier molecular flexibility index (Phi) is 13.4. The Morgan fingerprint density at radius 2 is 1.75 bits per heavy atom. The fourth-order valence-electron chi connectivity index (χ4n) is 2.57. The van der Waals surface area contributed by atoms with Crippen LogP contribution in [0.1, 0.15) is 27.2 Å². The summed E-state index contributed by atoms with van der Waals surface area (Å²) in [6.07, 6.45) is 8.08. The molecule has 90 valence electrons. The Bertz CT molecular complexity index is 251. The van der Waals surface area contributed by atoms with Crippen LogP contribution in [-0.2, 0) is 21.7 Å². The molecule has 3 atom stereocenters. The molecule has 0 heterocycles. The Morgan fingerprint density at radius 1 is 1.19 bits per heavy atom. The van der Waals surface area contributed by atoms with Gasteiger partial charge in [-0.2, -0.15) is 0 Å². The molecular weight excluding hydrogens is 432 g/mol. The summed E-state index contributed by atoms with van der Waals surface area (Å²) in [5, 5.41) is 0. The molecule has 0 bridgehead atoms. The molecule has 0 aliphatic heterocycles. The van der Waals surface area contributed by atoms with E-state index in [0.717, 1.165) is 17.8 Å². The van der Waals surface area contributed by atoms with Crippen molar-refractivity contribution in [2.45, 2.75) is 27.2 Å². The third-order valence-corrected chi connectivity index (χ3v) is 3.76. The van der Waals surface area contributed by atoms with Crippen LogP contribution < -0.4 is 50.9 Å². The largest absolute Gasteiger partial charge is 4.00 e. The van der Waals surface area contributed by atoms with Crippen LogP contribution in [0.15, 0.2) is 23.8 Å². The van der Waals surface area contributed by atoms with Crippen LogP contribution >= 0.6 is 0 Å². The number of fused-ring (bicyclic) bond motifs is 1. The van der Waals surface area contributed by atoms with E-state index in [1.165, 1.54) is 6.42 Å². The Balaban J connectivity index is -0.000000422. The van der Waals surface area contributed by atoms with Gasteiger partial charge >= 0.3 is 21.7 Å². The Labute approximate surface area is 146 Å². The number of allylic oxidation sites excluding steroid dienone is 4. The average Bonchev–Trinajstić information content (AvgIpc) is 2.33. The molecule has 3 unspecified atom stereocenters. The molecular formula is C12H17Br3Ti. The van der Waals surface area contributed by atoms with Crippen LogP contribution in [0.3, 0.4) is 0 Å². The van der Waals surface area contributed by atoms with Gasteiger partial charge in [0.15, 0.2) is 0 Å². The Morgan fingerprint density at radius 3 is 2.25 bits per heavy atom. The topological polar surface area (TPSA) is 0 Å². The molecule has 2 rings (SSSR count). The van der Waals surface area contributed by atoms with Crippen LogP contribution in [0.5, 0.6) is 0 Å². The van der Waals surface area contributed by atoms with E-state index in [1.54, 1.807) is 11.5 Å². The summed E-state index contributed by atoms with van der Waals surface area (Å²) in [6.45, 7) is 7.05. The van der Waals surface area contributed by atoms with Crippen molar-refractivity contribution in [1.29, 1.82) is 0 Å². The quantitative estimate of drug-likeness (QED) is 0.256. The van der Waals surface area contributed by atoms with Crippen LogP contribution in [0.25, 0.3) is 0 Å². The molecule has 0 saturated heterocycles. The van der Waals surface area contributed by atoms with Crippen LogP contribution in [0.2, 0.25) is 0 Å². The summed E-state index contributed by atoms with van der Waals surface area (Å²) in [5.74, 6) is 4.09. The molecule has 0 aromatic heterocycles. The van der Waals surface area contributed by atoms with Gasteiger partial charge in [-0.3, -0.25) is 0 Å². The standard InChI is InChI=1S/C12H17.3BrH.Ti/c1-8-9(2)11-6-4-5-7-12(11)10(8)3;;;;/h4-6,8,10,12H,7H2,1-3H3;3*1H;/q-1;;;;+4/p-3. The van der Waals surface area contributed by atoms with Crippen molar-refractivity contribution in [2.24, 2.45) is 17.8 Å². The molecule has 2 aliphatic rings. The van der Waals surface area contributed by atoms with Crippen molar-refractivity contribution in [3.63, 3.8) is 0 Å². The number of hydrogen-bond acceptors (Lipinski definition) is 0. The van der Waals surface area contributed by atoms with Gasteiger partial charge in [-0.15, -0.1) is 19.1 Å². The molecule has 2 aliphatic carbocycles. The van der Waals surface area contributed by atoms with E-state index in [1.807, 2.05) is 0 Å². The first-order chi connectivity index (χ1) is 5.72. The third kappa shape index (κ3) is 4.01. The van der Waals surface area contributed by atoms with Gasteiger partial charge < -0.3 is 50.9 Å². The second kappa shape index (κ2) is 9.44. The molecule has 0 spiro atoms. The van der Waals surface area contributed by atoms with Crippen molar-refractivity contribution in [3.05, 3.63) is 29.7 Å². The average molecular weight is 449 g/mol. The maximum Gasteiger partial charge on any atom is 4.00 e. The second-order valence-corrected chi connectivity index (χ2v) is 4.22. The van der Waals surface area contributed by atoms with Crippen molar-refractivity contribution >= 4 is 0 Å². The second-order valence-electron chi connectivity index (χ2n) is 4.22. The first-order valence-electron chi connectivity index (χ1n) is 4.92. The zero-order valence-electron chi connectivity index (χ0n) is 9.81. The van der Waals surface area contributed by atoms with Gasteiger partial charge in [-0.25, -0.2) is 17.6 Å². The van der Waals surface area contributed by atoms with Gasteiger partial charge in [0, 0.05) is 0 Å². The van der Waals surface area contributed by atoms with E-state index in [4.69, 9.17) is 0 Å². The van der Waals surface area contributed by atoms with Crippen molar-refractivity contribution in [2.75, 3.05) is 0 Å². The number of hydrogen-bond donors (Lipinski definition) is 0. The molecule has 4 heteroatoms. The molecule has 0 aromatic carbocycles. The smallest absolute Gasteiger partial charge is 1.00 e. The molecule has 1 fully saturated rings. The van der Waals surface area contributed by atoms with E-state index in [0.29, 0.717) is 0 Å². The van der Waals surface area contributed by atoms with Crippen LogP contribution in [0, 0.1) is 23.7 Å². The maximum atomic E-state index is 2.39. The predicted octanol–water partition coefficient (Wildman–Crippen LogP) is -5.62. The summed E-state index contributed by atoms with van der Waals surface area (Å²) in [4.78, 5) is 0. The SMILES string of the molecule is C[C-]1C2=CC=CCC2C(C)C1C.[Br-].[Br-].[Br-].[Ti+4]. The molecule has 16 heavy (non-hydrogen) atoms. The van der Waals surface area contributed by atoms with Gasteiger partial charge in [0.1, 0.15) is 0 Å². The summed E-state index contributed by atoms with van der Waals surface area (Å²) in [6, 6.07) is 0. The fourth-order valence-corrected chi connectivity index (χ4v) is 2.57. The molecule has 0 nitrogen and oxygen atoms in total. The van der Waals surface area contributed by atoms with Gasteiger partial charge in [0.25, 0.3) is 0 Å². The van der Waals surface area contributed by atoms with E-state index < -0.39 is 0 Å². The fraction of sp³-hybridized carbons (Fsp3) is 0.583. The molecule has 0 N–H and O–H groups in total. The minimum absolute atomic E-state index is 0. The summed E-state index contributed by atoms with van der Waals surface area (Å²) in [7, 11) is 0. The summed E-state index contributed by atoms with van der Waals surface area (Å²) >= 11 is 0. The van der Waals surface area contributed by atoms with Gasteiger partial charge in [-0.05, 0) is 18.3 Å². The first kappa shape index (κ1) is 22.7. The first-order valence-corrected chi connectivity index (χ1v) is 4.92. The molecule has 0 amide bonds. The summed E-state index contributed by atoms with van der Waals surface area (Å²) in [5.41, 5.74) is 1.62. The van der Waals surface area contributed by atoms with Crippen molar-refractivity contribution < 1.29 is 72.7 Å².